The van der Waals surface area contributed by atoms with Crippen LogP contribution in [-0.2, 0) is 31.8 Å². The third-order valence-electron chi connectivity index (χ3n) is 6.37. The number of ether oxygens (including phenoxy) is 4. The molecule has 2 aromatic rings. The first-order chi connectivity index (χ1) is 19.4. The Kier molecular flexibility index (Phi) is 14.5. The molecule has 0 amide bonds. The molecule has 218 valence electrons. The third-order valence-corrected chi connectivity index (χ3v) is 6.37. The third kappa shape index (κ3) is 10.1. The van der Waals surface area contributed by atoms with Gasteiger partial charge in [-0.25, -0.2) is 19.2 Å². The summed E-state index contributed by atoms with van der Waals surface area (Å²) in [5, 5.41) is 0. The highest BCUT2D eigenvalue weighted by atomic mass is 16.5. The van der Waals surface area contributed by atoms with Gasteiger partial charge in [-0.1, -0.05) is 37.8 Å². The van der Waals surface area contributed by atoms with Crippen LogP contribution in [0.4, 0.5) is 0 Å². The predicted octanol–water partition coefficient (Wildman–Crippen LogP) is 6.52. The van der Waals surface area contributed by atoms with Gasteiger partial charge < -0.3 is 18.9 Å². The van der Waals surface area contributed by atoms with E-state index in [2.05, 4.69) is 0 Å². The molecule has 0 radical (unpaired) electrons. The lowest BCUT2D eigenvalue weighted by atomic mass is 9.97. The van der Waals surface area contributed by atoms with E-state index in [9.17, 15) is 19.2 Å². The van der Waals surface area contributed by atoms with E-state index in [1.807, 2.05) is 12.1 Å². The van der Waals surface area contributed by atoms with Crippen LogP contribution in [0.2, 0.25) is 0 Å². The average molecular weight is 555 g/mol. The summed E-state index contributed by atoms with van der Waals surface area (Å²) >= 11 is 0. The van der Waals surface area contributed by atoms with Gasteiger partial charge in [0.1, 0.15) is 0 Å². The smallest absolute Gasteiger partial charge is 0.338 e. The van der Waals surface area contributed by atoms with Gasteiger partial charge in [-0.15, -0.1) is 0 Å². The number of aryl methyl sites for hydroxylation is 2. The maximum absolute atomic E-state index is 12.5. The van der Waals surface area contributed by atoms with E-state index in [0.29, 0.717) is 35.1 Å². The predicted molar refractivity (Wildman–Crippen MR) is 152 cm³/mol. The van der Waals surface area contributed by atoms with E-state index in [1.54, 1.807) is 52.0 Å². The number of hydrogen-bond donors (Lipinski definition) is 0. The molecule has 2 rings (SSSR count). The topological polar surface area (TPSA) is 105 Å². The summed E-state index contributed by atoms with van der Waals surface area (Å²) < 4.78 is 20.5. The summed E-state index contributed by atoms with van der Waals surface area (Å²) in [6.45, 7) is 8.05. The first-order valence-corrected chi connectivity index (χ1v) is 14.3. The zero-order chi connectivity index (χ0) is 29.3. The number of hydrogen-bond acceptors (Lipinski definition) is 8. The maximum atomic E-state index is 12.5. The van der Waals surface area contributed by atoms with E-state index < -0.39 is 23.9 Å². The maximum Gasteiger partial charge on any atom is 0.338 e. The van der Waals surface area contributed by atoms with Crippen LogP contribution in [0.15, 0.2) is 36.4 Å². The lowest BCUT2D eigenvalue weighted by Gasteiger charge is -2.12. The molecule has 40 heavy (non-hydrogen) atoms. The molecular formula is C32H42O8. The molecule has 0 aromatic heterocycles. The van der Waals surface area contributed by atoms with Gasteiger partial charge in [0.2, 0.25) is 0 Å². The van der Waals surface area contributed by atoms with Crippen molar-refractivity contribution in [3.05, 3.63) is 69.8 Å². The summed E-state index contributed by atoms with van der Waals surface area (Å²) in [4.78, 5) is 49.2. The van der Waals surface area contributed by atoms with E-state index >= 15 is 0 Å². The van der Waals surface area contributed by atoms with Crippen LogP contribution in [0.5, 0.6) is 0 Å². The summed E-state index contributed by atoms with van der Waals surface area (Å²) in [5.41, 5.74) is 3.25. The molecule has 0 heterocycles. The van der Waals surface area contributed by atoms with Gasteiger partial charge in [-0.05, 0) is 88.8 Å². The largest absolute Gasteiger partial charge is 0.462 e. The van der Waals surface area contributed by atoms with E-state index in [-0.39, 0.29) is 26.4 Å². The van der Waals surface area contributed by atoms with Crippen molar-refractivity contribution in [1.82, 2.24) is 0 Å². The second kappa shape index (κ2) is 17.8. The zero-order valence-electron chi connectivity index (χ0n) is 24.2. The number of carbonyl (C=O) groups excluding carboxylic acids is 4. The summed E-state index contributed by atoms with van der Waals surface area (Å²) in [5.74, 6) is -1.77. The SMILES string of the molecule is CCOC(=O)c1ccc(CCCCCCCCc2ccc(C(=O)OCC)cc2C(=O)OCC)c(C(=O)OCC)c1. The van der Waals surface area contributed by atoms with E-state index in [0.717, 1.165) is 49.7 Å². The molecule has 0 atom stereocenters. The van der Waals surface area contributed by atoms with Crippen molar-refractivity contribution in [2.75, 3.05) is 26.4 Å². The average Bonchev–Trinajstić information content (AvgIpc) is 2.95. The molecule has 8 nitrogen and oxygen atoms in total. The Labute approximate surface area is 237 Å². The van der Waals surface area contributed by atoms with Crippen molar-refractivity contribution >= 4 is 23.9 Å². The standard InChI is InChI=1S/C32H42O8/c1-5-37-29(33)25-19-17-23(27(21-25)31(35)39-7-3)15-13-11-9-10-12-14-16-24-18-20-26(30(34)38-6-2)22-28(24)32(36)40-8-4/h17-22H,5-16H2,1-4H3. The van der Waals surface area contributed by atoms with Gasteiger partial charge in [0, 0.05) is 0 Å². The molecule has 0 bridgehead atoms. The second-order valence-corrected chi connectivity index (χ2v) is 9.25. The molecule has 8 heteroatoms. The van der Waals surface area contributed by atoms with Gasteiger partial charge in [-0.3, -0.25) is 0 Å². The molecular weight excluding hydrogens is 512 g/mol. The van der Waals surface area contributed by atoms with Gasteiger partial charge >= 0.3 is 23.9 Å². The summed E-state index contributed by atoms with van der Waals surface area (Å²) in [6, 6.07) is 10.1. The number of carbonyl (C=O) groups is 4. The molecule has 0 saturated heterocycles. The minimum Gasteiger partial charge on any atom is -0.462 e. The highest BCUT2D eigenvalue weighted by molar-refractivity contribution is 5.97. The van der Waals surface area contributed by atoms with Crippen LogP contribution in [0, 0.1) is 0 Å². The minimum atomic E-state index is -0.455. The normalized spacial score (nSPS) is 10.6. The van der Waals surface area contributed by atoms with Crippen LogP contribution in [-0.4, -0.2) is 50.3 Å². The summed E-state index contributed by atoms with van der Waals surface area (Å²) in [6.07, 6.45) is 7.35. The lowest BCUT2D eigenvalue weighted by molar-refractivity contribution is 0.0505. The molecule has 0 fully saturated rings. The fourth-order valence-electron chi connectivity index (χ4n) is 4.41. The van der Waals surface area contributed by atoms with Crippen molar-refractivity contribution in [2.24, 2.45) is 0 Å². The van der Waals surface area contributed by atoms with Gasteiger partial charge in [0.05, 0.1) is 48.7 Å². The highest BCUT2D eigenvalue weighted by Gasteiger charge is 2.18. The van der Waals surface area contributed by atoms with E-state index in [1.165, 1.54) is 0 Å². The van der Waals surface area contributed by atoms with Crippen LogP contribution >= 0.6 is 0 Å². The first kappa shape index (κ1) is 32.5. The lowest BCUT2D eigenvalue weighted by Crippen LogP contribution is -2.12. The Balaban J connectivity index is 1.86. The summed E-state index contributed by atoms with van der Waals surface area (Å²) in [7, 11) is 0. The van der Waals surface area contributed by atoms with Crippen LogP contribution in [0.25, 0.3) is 0 Å². The quantitative estimate of drug-likeness (QED) is 0.124. The fraction of sp³-hybridized carbons (Fsp3) is 0.500. The van der Waals surface area contributed by atoms with Gasteiger partial charge in [0.25, 0.3) is 0 Å². The molecule has 2 aromatic carbocycles. The highest BCUT2D eigenvalue weighted by Crippen LogP contribution is 2.20. The Hall–Kier alpha value is -3.68. The minimum absolute atomic E-state index is 0.263. The molecule has 0 N–H and O–H groups in total. The van der Waals surface area contributed by atoms with Crippen LogP contribution in [0.1, 0.15) is 119 Å². The van der Waals surface area contributed by atoms with Gasteiger partial charge in [0.15, 0.2) is 0 Å². The number of benzene rings is 2. The number of esters is 4. The number of rotatable bonds is 17. The molecule has 0 aliphatic rings. The zero-order valence-corrected chi connectivity index (χ0v) is 24.2. The van der Waals surface area contributed by atoms with Gasteiger partial charge in [-0.2, -0.15) is 0 Å². The molecule has 0 spiro atoms. The molecule has 0 aliphatic carbocycles. The Bertz CT molecular complexity index is 1050. The Morgan fingerprint density at radius 2 is 0.800 bits per heavy atom. The van der Waals surface area contributed by atoms with Crippen molar-refractivity contribution in [2.45, 2.75) is 79.1 Å². The Morgan fingerprint density at radius 3 is 1.15 bits per heavy atom. The molecule has 0 unspecified atom stereocenters. The van der Waals surface area contributed by atoms with Crippen molar-refractivity contribution in [3.63, 3.8) is 0 Å². The van der Waals surface area contributed by atoms with E-state index in [4.69, 9.17) is 18.9 Å². The molecule has 0 saturated carbocycles. The van der Waals surface area contributed by atoms with Crippen molar-refractivity contribution < 1.29 is 38.1 Å². The van der Waals surface area contributed by atoms with Crippen molar-refractivity contribution in [1.29, 1.82) is 0 Å². The first-order valence-electron chi connectivity index (χ1n) is 14.3. The second-order valence-electron chi connectivity index (χ2n) is 9.25. The fourth-order valence-corrected chi connectivity index (χ4v) is 4.41. The molecule has 0 aliphatic heterocycles. The monoisotopic (exact) mass is 554 g/mol. The van der Waals surface area contributed by atoms with Crippen molar-refractivity contribution in [3.8, 4) is 0 Å². The van der Waals surface area contributed by atoms with Crippen LogP contribution < -0.4 is 0 Å². The van der Waals surface area contributed by atoms with Crippen LogP contribution in [0.3, 0.4) is 0 Å². The Morgan fingerprint density at radius 1 is 0.475 bits per heavy atom. The number of unbranched alkanes of at least 4 members (excludes halogenated alkanes) is 5.